The third kappa shape index (κ3) is 2.45. The summed E-state index contributed by atoms with van der Waals surface area (Å²) in [6, 6.07) is 0. The molecular formula is C10H13NO3. The maximum atomic E-state index is 11.5. The molecule has 4 heteroatoms. The fourth-order valence-electron chi connectivity index (χ4n) is 1.44. The summed E-state index contributed by atoms with van der Waals surface area (Å²) in [5.41, 5.74) is 0. The number of amides is 1. The lowest BCUT2D eigenvalue weighted by atomic mass is 10.1. The maximum absolute atomic E-state index is 11.5. The first-order valence-corrected chi connectivity index (χ1v) is 4.46. The molecule has 1 saturated heterocycles. The molecule has 1 rings (SSSR count). The Morgan fingerprint density at radius 1 is 1.71 bits per heavy atom. The molecule has 1 amide bonds. The Kier molecular flexibility index (Phi) is 3.45. The highest BCUT2D eigenvalue weighted by Gasteiger charge is 2.27. The number of carboxylic acid groups (broad SMARTS) is 1. The third-order valence-corrected chi connectivity index (χ3v) is 2.21. The van der Waals surface area contributed by atoms with Gasteiger partial charge in [-0.05, 0) is 6.42 Å². The molecule has 0 aliphatic carbocycles. The topological polar surface area (TPSA) is 57.6 Å². The Morgan fingerprint density at radius 2 is 2.43 bits per heavy atom. The number of hydrogen-bond acceptors (Lipinski definition) is 2. The molecule has 0 radical (unpaired) electrons. The van der Waals surface area contributed by atoms with Crippen molar-refractivity contribution in [3.63, 3.8) is 0 Å². The molecule has 1 aliphatic heterocycles. The maximum Gasteiger partial charge on any atom is 0.328 e. The smallest absolute Gasteiger partial charge is 0.328 e. The van der Waals surface area contributed by atoms with Gasteiger partial charge in [0, 0.05) is 19.2 Å². The highest BCUT2D eigenvalue weighted by molar-refractivity contribution is 5.83. The molecule has 14 heavy (non-hydrogen) atoms. The average molecular weight is 195 g/mol. The highest BCUT2D eigenvalue weighted by Crippen LogP contribution is 2.18. The van der Waals surface area contributed by atoms with Crippen molar-refractivity contribution in [1.82, 2.24) is 4.90 Å². The van der Waals surface area contributed by atoms with Crippen molar-refractivity contribution < 1.29 is 14.7 Å². The second kappa shape index (κ2) is 4.60. The summed E-state index contributed by atoms with van der Waals surface area (Å²) >= 11 is 0. The first-order valence-electron chi connectivity index (χ1n) is 4.46. The minimum absolute atomic E-state index is 0.0371. The average Bonchev–Trinajstić information content (AvgIpc) is 2.47. The molecule has 0 bridgehead atoms. The highest BCUT2D eigenvalue weighted by atomic mass is 16.4. The van der Waals surface area contributed by atoms with Gasteiger partial charge in [0.15, 0.2) is 0 Å². The third-order valence-electron chi connectivity index (χ3n) is 2.21. The van der Waals surface area contributed by atoms with E-state index < -0.39 is 5.97 Å². The number of aliphatic carboxylic acids is 1. The zero-order chi connectivity index (χ0) is 10.6. The van der Waals surface area contributed by atoms with Crippen molar-refractivity contribution in [3.8, 4) is 0 Å². The van der Waals surface area contributed by atoms with E-state index >= 15 is 0 Å². The number of nitrogens with zero attached hydrogens (tertiary/aromatic N) is 1. The molecule has 1 heterocycles. The van der Waals surface area contributed by atoms with Crippen LogP contribution < -0.4 is 0 Å². The number of carbonyl (C=O) groups is 2. The van der Waals surface area contributed by atoms with Gasteiger partial charge in [0.1, 0.15) is 0 Å². The molecule has 1 fully saturated rings. The monoisotopic (exact) mass is 195 g/mol. The SMILES string of the molecule is C=CC1CCN(CC=CC(=O)O)C1=O. The Morgan fingerprint density at radius 3 is 2.93 bits per heavy atom. The van der Waals surface area contributed by atoms with Crippen LogP contribution in [0.3, 0.4) is 0 Å². The van der Waals surface area contributed by atoms with Crippen LogP contribution in [0.25, 0.3) is 0 Å². The quantitative estimate of drug-likeness (QED) is 0.529. The molecule has 1 atom stereocenters. The van der Waals surface area contributed by atoms with E-state index in [4.69, 9.17) is 5.11 Å². The summed E-state index contributed by atoms with van der Waals surface area (Å²) in [4.78, 5) is 23.3. The second-order valence-electron chi connectivity index (χ2n) is 3.16. The van der Waals surface area contributed by atoms with Gasteiger partial charge in [0.25, 0.3) is 0 Å². The molecule has 1 N–H and O–H groups in total. The Hall–Kier alpha value is -1.58. The van der Waals surface area contributed by atoms with Crippen LogP contribution in [0.4, 0.5) is 0 Å². The largest absolute Gasteiger partial charge is 0.478 e. The van der Waals surface area contributed by atoms with Gasteiger partial charge in [-0.1, -0.05) is 12.2 Å². The van der Waals surface area contributed by atoms with Crippen LogP contribution in [0.1, 0.15) is 6.42 Å². The van der Waals surface area contributed by atoms with Gasteiger partial charge in [0.2, 0.25) is 5.91 Å². The molecule has 4 nitrogen and oxygen atoms in total. The standard InChI is InChI=1S/C10H13NO3/c1-2-8-5-7-11(10(8)14)6-3-4-9(12)13/h2-4,8H,1,5-7H2,(H,12,13). The van der Waals surface area contributed by atoms with Crippen molar-refractivity contribution in [1.29, 1.82) is 0 Å². The van der Waals surface area contributed by atoms with E-state index in [0.717, 1.165) is 12.5 Å². The van der Waals surface area contributed by atoms with Crippen molar-refractivity contribution >= 4 is 11.9 Å². The Bertz CT molecular complexity index is 283. The van der Waals surface area contributed by atoms with Gasteiger partial charge in [-0.3, -0.25) is 4.79 Å². The van der Waals surface area contributed by atoms with Crippen LogP contribution in [-0.4, -0.2) is 35.0 Å². The summed E-state index contributed by atoms with van der Waals surface area (Å²) in [5, 5.41) is 8.35. The Labute approximate surface area is 82.5 Å². The normalized spacial score (nSPS) is 21.9. The van der Waals surface area contributed by atoms with Crippen LogP contribution in [0, 0.1) is 5.92 Å². The lowest BCUT2D eigenvalue weighted by Gasteiger charge is -2.12. The minimum Gasteiger partial charge on any atom is -0.478 e. The van der Waals surface area contributed by atoms with Gasteiger partial charge in [-0.25, -0.2) is 4.79 Å². The summed E-state index contributed by atoms with van der Waals surface area (Å²) in [5.74, 6) is -1.04. The number of carboxylic acids is 1. The van der Waals surface area contributed by atoms with Crippen LogP contribution in [0.5, 0.6) is 0 Å². The van der Waals surface area contributed by atoms with E-state index in [1.165, 1.54) is 6.08 Å². The lowest BCUT2D eigenvalue weighted by Crippen LogP contribution is -2.27. The van der Waals surface area contributed by atoms with E-state index in [1.54, 1.807) is 11.0 Å². The van der Waals surface area contributed by atoms with E-state index in [9.17, 15) is 9.59 Å². The lowest BCUT2D eigenvalue weighted by molar-refractivity contribution is -0.132. The van der Waals surface area contributed by atoms with E-state index in [2.05, 4.69) is 6.58 Å². The number of likely N-dealkylation sites (tertiary alicyclic amines) is 1. The molecule has 0 aromatic rings. The van der Waals surface area contributed by atoms with Gasteiger partial charge >= 0.3 is 5.97 Å². The van der Waals surface area contributed by atoms with Gasteiger partial charge in [0.05, 0.1) is 5.92 Å². The van der Waals surface area contributed by atoms with Gasteiger partial charge < -0.3 is 10.0 Å². The molecule has 0 aromatic carbocycles. The first-order chi connectivity index (χ1) is 6.65. The van der Waals surface area contributed by atoms with E-state index in [0.29, 0.717) is 13.1 Å². The van der Waals surface area contributed by atoms with Crippen LogP contribution >= 0.6 is 0 Å². The van der Waals surface area contributed by atoms with Crippen molar-refractivity contribution in [2.75, 3.05) is 13.1 Å². The summed E-state index contributed by atoms with van der Waals surface area (Å²) in [6.45, 7) is 4.63. The van der Waals surface area contributed by atoms with Gasteiger partial charge in [-0.2, -0.15) is 0 Å². The van der Waals surface area contributed by atoms with Crippen LogP contribution in [0.15, 0.2) is 24.8 Å². The zero-order valence-corrected chi connectivity index (χ0v) is 7.85. The van der Waals surface area contributed by atoms with Crippen molar-refractivity contribution in [2.24, 2.45) is 5.92 Å². The minimum atomic E-state index is -0.989. The number of rotatable bonds is 4. The van der Waals surface area contributed by atoms with Crippen molar-refractivity contribution in [3.05, 3.63) is 24.8 Å². The molecule has 0 saturated carbocycles. The van der Waals surface area contributed by atoms with E-state index in [1.807, 2.05) is 0 Å². The predicted octanol–water partition coefficient (Wildman–Crippen LogP) is 0.662. The fraction of sp³-hybridized carbons (Fsp3) is 0.400. The first kappa shape index (κ1) is 10.5. The summed E-state index contributed by atoms with van der Waals surface area (Å²) in [7, 11) is 0. The number of hydrogen-bond donors (Lipinski definition) is 1. The molecule has 0 spiro atoms. The molecule has 1 unspecified atom stereocenters. The van der Waals surface area contributed by atoms with Crippen LogP contribution in [0.2, 0.25) is 0 Å². The van der Waals surface area contributed by atoms with Gasteiger partial charge in [-0.15, -0.1) is 6.58 Å². The fourth-order valence-corrected chi connectivity index (χ4v) is 1.44. The summed E-state index contributed by atoms with van der Waals surface area (Å²) < 4.78 is 0. The molecular weight excluding hydrogens is 182 g/mol. The zero-order valence-electron chi connectivity index (χ0n) is 7.85. The molecule has 0 aromatic heterocycles. The molecule has 1 aliphatic rings. The Balaban J connectivity index is 2.44. The second-order valence-corrected chi connectivity index (χ2v) is 3.16. The van der Waals surface area contributed by atoms with Crippen LogP contribution in [-0.2, 0) is 9.59 Å². The summed E-state index contributed by atoms with van der Waals surface area (Å²) in [6.07, 6.45) is 4.95. The number of carbonyl (C=O) groups excluding carboxylic acids is 1. The molecule has 76 valence electrons. The van der Waals surface area contributed by atoms with Crippen molar-refractivity contribution in [2.45, 2.75) is 6.42 Å². The van der Waals surface area contributed by atoms with E-state index in [-0.39, 0.29) is 11.8 Å². The predicted molar refractivity (Wildman–Crippen MR) is 51.7 cm³/mol.